The molecule has 0 radical (unpaired) electrons. The summed E-state index contributed by atoms with van der Waals surface area (Å²) < 4.78 is 5.57. The standard InChI is InChI=1S/C8H16N2O/c1-10(2)7-6(9)5-3-4-11-8(5)7/h5-8H,3-4,9H2,1-2H3. The molecule has 4 atom stereocenters. The molecule has 1 aliphatic carbocycles. The lowest BCUT2D eigenvalue weighted by molar-refractivity contribution is -0.0577. The van der Waals surface area contributed by atoms with Crippen LogP contribution in [0.3, 0.4) is 0 Å². The maximum atomic E-state index is 5.99. The number of likely N-dealkylation sites (N-methyl/N-ethyl adjacent to an activating group) is 1. The molecule has 2 aliphatic rings. The molecule has 11 heavy (non-hydrogen) atoms. The first-order valence-corrected chi connectivity index (χ1v) is 4.25. The van der Waals surface area contributed by atoms with Crippen molar-refractivity contribution in [2.24, 2.45) is 11.7 Å². The topological polar surface area (TPSA) is 38.5 Å². The van der Waals surface area contributed by atoms with Crippen LogP contribution in [0, 0.1) is 5.92 Å². The molecule has 1 saturated heterocycles. The van der Waals surface area contributed by atoms with E-state index in [0.29, 0.717) is 24.1 Å². The fourth-order valence-corrected chi connectivity index (χ4v) is 2.36. The van der Waals surface area contributed by atoms with E-state index in [0.717, 1.165) is 13.0 Å². The Morgan fingerprint density at radius 1 is 1.45 bits per heavy atom. The lowest BCUT2D eigenvalue weighted by Crippen LogP contribution is -2.67. The number of fused-ring (bicyclic) bond motifs is 1. The van der Waals surface area contributed by atoms with Crippen LogP contribution in [0.4, 0.5) is 0 Å². The van der Waals surface area contributed by atoms with Gasteiger partial charge in [0.05, 0.1) is 12.1 Å². The molecule has 0 bridgehead atoms. The van der Waals surface area contributed by atoms with Gasteiger partial charge in [0, 0.05) is 18.6 Å². The molecule has 0 aromatic carbocycles. The van der Waals surface area contributed by atoms with E-state index in [1.54, 1.807) is 0 Å². The minimum Gasteiger partial charge on any atom is -0.376 e. The molecule has 0 amide bonds. The van der Waals surface area contributed by atoms with Crippen molar-refractivity contribution in [3.8, 4) is 0 Å². The number of ether oxygens (including phenoxy) is 1. The zero-order valence-electron chi connectivity index (χ0n) is 7.16. The molecule has 2 rings (SSSR count). The summed E-state index contributed by atoms with van der Waals surface area (Å²) in [7, 11) is 4.14. The van der Waals surface area contributed by atoms with Gasteiger partial charge < -0.3 is 15.4 Å². The maximum absolute atomic E-state index is 5.99. The summed E-state index contributed by atoms with van der Waals surface area (Å²) in [6.07, 6.45) is 1.59. The van der Waals surface area contributed by atoms with Gasteiger partial charge in [0.2, 0.25) is 0 Å². The second-order valence-corrected chi connectivity index (χ2v) is 3.82. The number of rotatable bonds is 1. The predicted molar refractivity (Wildman–Crippen MR) is 43.3 cm³/mol. The molecule has 0 spiro atoms. The van der Waals surface area contributed by atoms with Crippen molar-refractivity contribution in [1.82, 2.24) is 4.90 Å². The van der Waals surface area contributed by atoms with Crippen LogP contribution < -0.4 is 5.73 Å². The summed E-state index contributed by atoms with van der Waals surface area (Å²) in [5.74, 6) is 0.641. The summed E-state index contributed by atoms with van der Waals surface area (Å²) in [5.41, 5.74) is 5.99. The van der Waals surface area contributed by atoms with Crippen LogP contribution in [0.25, 0.3) is 0 Å². The van der Waals surface area contributed by atoms with Crippen LogP contribution in [0.2, 0.25) is 0 Å². The Kier molecular flexibility index (Phi) is 1.67. The van der Waals surface area contributed by atoms with Gasteiger partial charge in [-0.3, -0.25) is 0 Å². The number of hydrogen-bond acceptors (Lipinski definition) is 3. The molecule has 0 aromatic rings. The van der Waals surface area contributed by atoms with Gasteiger partial charge in [0.15, 0.2) is 0 Å². The van der Waals surface area contributed by atoms with Gasteiger partial charge in [-0.2, -0.15) is 0 Å². The van der Waals surface area contributed by atoms with Gasteiger partial charge in [-0.15, -0.1) is 0 Å². The predicted octanol–water partition coefficient (Wildman–Crippen LogP) is -0.337. The first-order valence-electron chi connectivity index (χ1n) is 4.25. The molecule has 0 aromatic heterocycles. The third-order valence-electron chi connectivity index (χ3n) is 3.01. The number of nitrogens with zero attached hydrogens (tertiary/aromatic N) is 1. The van der Waals surface area contributed by atoms with Crippen molar-refractivity contribution < 1.29 is 4.74 Å². The van der Waals surface area contributed by atoms with Crippen molar-refractivity contribution in [3.63, 3.8) is 0 Å². The maximum Gasteiger partial charge on any atom is 0.0789 e. The minimum atomic E-state index is 0.345. The highest BCUT2D eigenvalue weighted by Crippen LogP contribution is 2.39. The van der Waals surface area contributed by atoms with Crippen LogP contribution >= 0.6 is 0 Å². The van der Waals surface area contributed by atoms with Crippen LogP contribution in [0.15, 0.2) is 0 Å². The monoisotopic (exact) mass is 156 g/mol. The quantitative estimate of drug-likeness (QED) is 0.564. The van der Waals surface area contributed by atoms with E-state index in [2.05, 4.69) is 19.0 Å². The van der Waals surface area contributed by atoms with Crippen molar-refractivity contribution >= 4 is 0 Å². The lowest BCUT2D eigenvalue weighted by atomic mass is 9.71. The van der Waals surface area contributed by atoms with Crippen LogP contribution in [-0.4, -0.2) is 43.8 Å². The van der Waals surface area contributed by atoms with Crippen molar-refractivity contribution in [3.05, 3.63) is 0 Å². The van der Waals surface area contributed by atoms with E-state index in [-0.39, 0.29) is 0 Å². The number of nitrogens with two attached hydrogens (primary N) is 1. The fourth-order valence-electron chi connectivity index (χ4n) is 2.36. The zero-order chi connectivity index (χ0) is 8.01. The molecular formula is C8H16N2O. The molecule has 2 N–H and O–H groups in total. The molecule has 64 valence electrons. The van der Waals surface area contributed by atoms with Crippen LogP contribution in [-0.2, 0) is 4.74 Å². The van der Waals surface area contributed by atoms with E-state index in [1.165, 1.54) is 0 Å². The molecule has 3 heteroatoms. The van der Waals surface area contributed by atoms with Crippen molar-refractivity contribution in [2.45, 2.75) is 24.6 Å². The average molecular weight is 156 g/mol. The molecule has 2 fully saturated rings. The Morgan fingerprint density at radius 2 is 2.18 bits per heavy atom. The van der Waals surface area contributed by atoms with Crippen LogP contribution in [0.5, 0.6) is 0 Å². The highest BCUT2D eigenvalue weighted by molar-refractivity contribution is 5.08. The first kappa shape index (κ1) is 7.53. The first-order chi connectivity index (χ1) is 5.22. The van der Waals surface area contributed by atoms with Gasteiger partial charge >= 0.3 is 0 Å². The fraction of sp³-hybridized carbons (Fsp3) is 1.00. The normalized spacial score (nSPS) is 49.1. The summed E-state index contributed by atoms with van der Waals surface area (Å²) in [5, 5.41) is 0. The van der Waals surface area contributed by atoms with Gasteiger partial charge in [-0.05, 0) is 20.5 Å². The lowest BCUT2D eigenvalue weighted by Gasteiger charge is -2.48. The second kappa shape index (κ2) is 2.44. The third kappa shape index (κ3) is 0.916. The van der Waals surface area contributed by atoms with E-state index in [9.17, 15) is 0 Å². The Hall–Kier alpha value is -0.120. The molecule has 4 unspecified atom stereocenters. The smallest absolute Gasteiger partial charge is 0.0789 e. The zero-order valence-corrected chi connectivity index (χ0v) is 7.16. The Balaban J connectivity index is 2.03. The molecule has 1 heterocycles. The van der Waals surface area contributed by atoms with Gasteiger partial charge in [-0.25, -0.2) is 0 Å². The minimum absolute atomic E-state index is 0.345. The van der Waals surface area contributed by atoms with Crippen molar-refractivity contribution in [1.29, 1.82) is 0 Å². The average Bonchev–Trinajstić information content (AvgIpc) is 2.30. The summed E-state index contributed by atoms with van der Waals surface area (Å²) in [4.78, 5) is 2.18. The molecule has 1 aliphatic heterocycles. The van der Waals surface area contributed by atoms with E-state index < -0.39 is 0 Å². The summed E-state index contributed by atoms with van der Waals surface area (Å²) in [6.45, 7) is 0.910. The van der Waals surface area contributed by atoms with Crippen molar-refractivity contribution in [2.75, 3.05) is 20.7 Å². The molecule has 1 saturated carbocycles. The Morgan fingerprint density at radius 3 is 2.82 bits per heavy atom. The number of hydrogen-bond donors (Lipinski definition) is 1. The van der Waals surface area contributed by atoms with Gasteiger partial charge in [0.25, 0.3) is 0 Å². The SMILES string of the molecule is CN(C)C1C(N)C2CCOC21. The molecular weight excluding hydrogens is 140 g/mol. The largest absolute Gasteiger partial charge is 0.376 e. The highest BCUT2D eigenvalue weighted by Gasteiger charge is 2.52. The Bertz CT molecular complexity index is 160. The van der Waals surface area contributed by atoms with Gasteiger partial charge in [-0.1, -0.05) is 0 Å². The van der Waals surface area contributed by atoms with Gasteiger partial charge in [0.1, 0.15) is 0 Å². The highest BCUT2D eigenvalue weighted by atomic mass is 16.5. The second-order valence-electron chi connectivity index (χ2n) is 3.82. The molecule has 3 nitrogen and oxygen atoms in total. The third-order valence-corrected chi connectivity index (χ3v) is 3.01. The summed E-state index contributed by atoms with van der Waals surface area (Å²) >= 11 is 0. The van der Waals surface area contributed by atoms with E-state index in [1.807, 2.05) is 0 Å². The van der Waals surface area contributed by atoms with Crippen LogP contribution in [0.1, 0.15) is 6.42 Å². The summed E-state index contributed by atoms with van der Waals surface area (Å²) in [6, 6.07) is 0.806. The van der Waals surface area contributed by atoms with E-state index >= 15 is 0 Å². The Labute approximate surface area is 67.5 Å². The van der Waals surface area contributed by atoms with E-state index in [4.69, 9.17) is 10.5 Å².